The molecule has 0 bridgehead atoms. The van der Waals surface area contributed by atoms with Crippen molar-refractivity contribution in [1.82, 2.24) is 4.90 Å². The predicted octanol–water partition coefficient (Wildman–Crippen LogP) is 3.21. The van der Waals surface area contributed by atoms with Gasteiger partial charge in [0.05, 0.1) is 14.2 Å². The average Bonchev–Trinajstić information content (AvgIpc) is 2.54. The van der Waals surface area contributed by atoms with Crippen LogP contribution in [0.15, 0.2) is 18.2 Å². The van der Waals surface area contributed by atoms with Gasteiger partial charge in [0, 0.05) is 25.6 Å². The highest BCUT2D eigenvalue weighted by molar-refractivity contribution is 5.77. The van der Waals surface area contributed by atoms with Crippen molar-refractivity contribution in [3.63, 3.8) is 0 Å². The fraction of sp³-hybridized carbons (Fsp3) is 0.588. The molecule has 1 saturated heterocycles. The highest BCUT2D eigenvalue weighted by Gasteiger charge is 2.21. The molecule has 21 heavy (non-hydrogen) atoms. The molecule has 1 atom stereocenters. The Hall–Kier alpha value is -1.71. The lowest BCUT2D eigenvalue weighted by Crippen LogP contribution is -2.36. The predicted molar refractivity (Wildman–Crippen MR) is 83.0 cm³/mol. The summed E-state index contributed by atoms with van der Waals surface area (Å²) in [4.78, 5) is 14.4. The van der Waals surface area contributed by atoms with Gasteiger partial charge >= 0.3 is 0 Å². The molecule has 0 saturated carbocycles. The van der Waals surface area contributed by atoms with Crippen molar-refractivity contribution < 1.29 is 14.3 Å². The average molecular weight is 291 g/mol. The van der Waals surface area contributed by atoms with E-state index < -0.39 is 0 Å². The highest BCUT2D eigenvalue weighted by atomic mass is 16.5. The van der Waals surface area contributed by atoms with E-state index in [-0.39, 0.29) is 11.8 Å². The Balaban J connectivity index is 2.05. The molecule has 4 heteroatoms. The lowest BCUT2D eigenvalue weighted by Gasteiger charge is -2.28. The van der Waals surface area contributed by atoms with Crippen LogP contribution in [0.2, 0.25) is 0 Å². The normalized spacial score (nSPS) is 16.4. The minimum absolute atomic E-state index is 0.139. The van der Waals surface area contributed by atoms with Crippen LogP contribution in [0.1, 0.15) is 44.1 Å². The standard InChI is InChI=1S/C17H25NO3/c1-13(11-17(19)18-9-5-4-6-10-18)15-8-7-14(20-2)12-16(15)21-3/h7-8,12-13H,4-6,9-11H2,1-3H3. The molecule has 4 nitrogen and oxygen atoms in total. The van der Waals surface area contributed by atoms with Crippen molar-refractivity contribution in [2.24, 2.45) is 0 Å². The number of carbonyl (C=O) groups excluding carboxylic acids is 1. The van der Waals surface area contributed by atoms with Crippen molar-refractivity contribution in [2.75, 3.05) is 27.3 Å². The third-order valence-electron chi connectivity index (χ3n) is 4.16. The van der Waals surface area contributed by atoms with Gasteiger partial charge in [-0.3, -0.25) is 4.79 Å². The number of benzene rings is 1. The zero-order valence-corrected chi connectivity index (χ0v) is 13.2. The van der Waals surface area contributed by atoms with E-state index in [9.17, 15) is 4.79 Å². The molecular formula is C17H25NO3. The number of ether oxygens (including phenoxy) is 2. The van der Waals surface area contributed by atoms with Crippen molar-refractivity contribution in [3.8, 4) is 11.5 Å². The first-order valence-corrected chi connectivity index (χ1v) is 7.65. The van der Waals surface area contributed by atoms with Gasteiger partial charge in [-0.2, -0.15) is 0 Å². The van der Waals surface area contributed by atoms with Gasteiger partial charge in [-0.1, -0.05) is 13.0 Å². The molecule has 1 aromatic carbocycles. The Labute approximate surface area is 127 Å². The first-order valence-electron chi connectivity index (χ1n) is 7.65. The third kappa shape index (κ3) is 3.90. The molecule has 2 rings (SSSR count). The fourth-order valence-electron chi connectivity index (χ4n) is 2.87. The molecular weight excluding hydrogens is 266 g/mol. The molecule has 1 aliphatic rings. The number of hydrogen-bond donors (Lipinski definition) is 0. The molecule has 0 aromatic heterocycles. The van der Waals surface area contributed by atoms with Crippen molar-refractivity contribution in [2.45, 2.75) is 38.5 Å². The maximum Gasteiger partial charge on any atom is 0.223 e. The van der Waals surface area contributed by atoms with Crippen LogP contribution < -0.4 is 9.47 Å². The summed E-state index contributed by atoms with van der Waals surface area (Å²) in [5.41, 5.74) is 1.06. The van der Waals surface area contributed by atoms with Gasteiger partial charge in [0.15, 0.2) is 0 Å². The maximum atomic E-state index is 12.4. The lowest BCUT2D eigenvalue weighted by atomic mass is 9.95. The van der Waals surface area contributed by atoms with Gasteiger partial charge in [0.2, 0.25) is 5.91 Å². The van der Waals surface area contributed by atoms with Crippen LogP contribution in [-0.4, -0.2) is 38.1 Å². The molecule has 0 spiro atoms. The Morgan fingerprint density at radius 1 is 1.19 bits per heavy atom. The molecule has 0 radical (unpaired) electrons. The van der Waals surface area contributed by atoms with E-state index >= 15 is 0 Å². The van der Waals surface area contributed by atoms with E-state index in [1.54, 1.807) is 14.2 Å². The summed E-state index contributed by atoms with van der Waals surface area (Å²) in [5.74, 6) is 1.94. The quantitative estimate of drug-likeness (QED) is 0.836. The number of piperidine rings is 1. The third-order valence-corrected chi connectivity index (χ3v) is 4.16. The molecule has 1 unspecified atom stereocenters. The van der Waals surface area contributed by atoms with Crippen molar-refractivity contribution >= 4 is 5.91 Å². The van der Waals surface area contributed by atoms with Crippen molar-refractivity contribution in [1.29, 1.82) is 0 Å². The molecule has 0 aliphatic carbocycles. The van der Waals surface area contributed by atoms with E-state index in [1.165, 1.54) is 6.42 Å². The Kier molecular flexibility index (Phi) is 5.48. The van der Waals surface area contributed by atoms with Crippen LogP contribution in [0.3, 0.4) is 0 Å². The van der Waals surface area contributed by atoms with Crippen LogP contribution in [0.25, 0.3) is 0 Å². The van der Waals surface area contributed by atoms with Crippen LogP contribution >= 0.6 is 0 Å². The second-order valence-corrected chi connectivity index (χ2v) is 5.65. The summed E-state index contributed by atoms with van der Waals surface area (Å²) in [7, 11) is 3.29. The Morgan fingerprint density at radius 2 is 1.90 bits per heavy atom. The monoisotopic (exact) mass is 291 g/mol. The van der Waals surface area contributed by atoms with E-state index in [2.05, 4.69) is 6.92 Å². The number of hydrogen-bond acceptors (Lipinski definition) is 3. The Morgan fingerprint density at radius 3 is 2.52 bits per heavy atom. The van der Waals surface area contributed by atoms with E-state index in [1.807, 2.05) is 23.1 Å². The van der Waals surface area contributed by atoms with Gasteiger partial charge in [-0.05, 0) is 36.8 Å². The number of carbonyl (C=O) groups is 1. The summed E-state index contributed by atoms with van der Waals surface area (Å²) < 4.78 is 10.6. The number of nitrogens with zero attached hydrogens (tertiary/aromatic N) is 1. The summed E-state index contributed by atoms with van der Waals surface area (Å²) in [5, 5.41) is 0. The highest BCUT2D eigenvalue weighted by Crippen LogP contribution is 2.32. The van der Waals surface area contributed by atoms with Crippen LogP contribution in [0.4, 0.5) is 0 Å². The largest absolute Gasteiger partial charge is 0.497 e. The molecule has 1 fully saturated rings. The first kappa shape index (κ1) is 15.7. The van der Waals surface area contributed by atoms with Gasteiger partial charge < -0.3 is 14.4 Å². The lowest BCUT2D eigenvalue weighted by molar-refractivity contribution is -0.132. The van der Waals surface area contributed by atoms with Crippen molar-refractivity contribution in [3.05, 3.63) is 23.8 Å². The van der Waals surface area contributed by atoms with E-state index in [4.69, 9.17) is 9.47 Å². The molecule has 0 N–H and O–H groups in total. The van der Waals surface area contributed by atoms with Crippen LogP contribution in [0.5, 0.6) is 11.5 Å². The second-order valence-electron chi connectivity index (χ2n) is 5.65. The minimum atomic E-state index is 0.139. The van der Waals surface area contributed by atoms with Crippen LogP contribution in [-0.2, 0) is 4.79 Å². The van der Waals surface area contributed by atoms with Gasteiger partial charge in [0.1, 0.15) is 11.5 Å². The van der Waals surface area contributed by atoms with Gasteiger partial charge in [-0.15, -0.1) is 0 Å². The number of methoxy groups -OCH3 is 2. The SMILES string of the molecule is COc1ccc(C(C)CC(=O)N2CCCCC2)c(OC)c1. The summed E-state index contributed by atoms with van der Waals surface area (Å²) in [6.07, 6.45) is 4.03. The maximum absolute atomic E-state index is 12.4. The van der Waals surface area contributed by atoms with Crippen LogP contribution in [0, 0.1) is 0 Å². The number of rotatable bonds is 5. The topological polar surface area (TPSA) is 38.8 Å². The Bertz CT molecular complexity index is 481. The smallest absolute Gasteiger partial charge is 0.223 e. The molecule has 1 aliphatic heterocycles. The zero-order chi connectivity index (χ0) is 15.2. The molecule has 1 heterocycles. The number of likely N-dealkylation sites (tertiary alicyclic amines) is 1. The second kappa shape index (κ2) is 7.34. The fourth-order valence-corrected chi connectivity index (χ4v) is 2.87. The van der Waals surface area contributed by atoms with E-state index in [0.717, 1.165) is 43.0 Å². The number of amides is 1. The first-order chi connectivity index (χ1) is 10.2. The minimum Gasteiger partial charge on any atom is -0.497 e. The van der Waals surface area contributed by atoms with Gasteiger partial charge in [0.25, 0.3) is 0 Å². The molecule has 1 amide bonds. The van der Waals surface area contributed by atoms with E-state index in [0.29, 0.717) is 6.42 Å². The van der Waals surface area contributed by atoms with Gasteiger partial charge in [-0.25, -0.2) is 0 Å². The zero-order valence-electron chi connectivity index (χ0n) is 13.2. The molecule has 1 aromatic rings. The summed E-state index contributed by atoms with van der Waals surface area (Å²) in [6, 6.07) is 5.78. The summed E-state index contributed by atoms with van der Waals surface area (Å²) in [6.45, 7) is 3.89. The summed E-state index contributed by atoms with van der Waals surface area (Å²) >= 11 is 0. The molecule has 116 valence electrons.